The van der Waals surface area contributed by atoms with Crippen LogP contribution in [0.25, 0.3) is 10.8 Å². The maximum absolute atomic E-state index is 12.4. The summed E-state index contributed by atoms with van der Waals surface area (Å²) in [4.78, 5) is 0.203. The number of benzene rings is 3. The normalized spacial score (nSPS) is 11.4. The summed E-state index contributed by atoms with van der Waals surface area (Å²) in [6.45, 7) is 0. The van der Waals surface area contributed by atoms with Gasteiger partial charge in [-0.2, -0.15) is 0 Å². The van der Waals surface area contributed by atoms with Crippen LogP contribution in [-0.4, -0.2) is 13.5 Å². The smallest absolute Gasteiger partial charge is 0.261 e. The molecule has 0 fully saturated rings. The van der Waals surface area contributed by atoms with Gasteiger partial charge in [0.25, 0.3) is 10.0 Å². The van der Waals surface area contributed by atoms with Crippen molar-refractivity contribution in [2.75, 3.05) is 4.72 Å². The van der Waals surface area contributed by atoms with Gasteiger partial charge in [0.15, 0.2) is 0 Å². The molecule has 0 unspecified atom stereocenters. The van der Waals surface area contributed by atoms with Gasteiger partial charge >= 0.3 is 0 Å². The van der Waals surface area contributed by atoms with Crippen molar-refractivity contribution in [1.29, 1.82) is 0 Å². The molecule has 3 aromatic carbocycles. The first-order valence-corrected chi connectivity index (χ1v) is 7.84. The maximum atomic E-state index is 12.4. The van der Waals surface area contributed by atoms with Crippen molar-refractivity contribution in [1.82, 2.24) is 0 Å². The van der Waals surface area contributed by atoms with Crippen molar-refractivity contribution in [2.45, 2.75) is 4.90 Å². The molecule has 0 spiro atoms. The van der Waals surface area contributed by atoms with Gasteiger partial charge in [-0.1, -0.05) is 30.3 Å². The second-order valence-electron chi connectivity index (χ2n) is 4.66. The van der Waals surface area contributed by atoms with Gasteiger partial charge in [0, 0.05) is 5.69 Å². The molecule has 0 aliphatic carbocycles. The summed E-state index contributed by atoms with van der Waals surface area (Å²) in [5.41, 5.74) is 0.404. The summed E-state index contributed by atoms with van der Waals surface area (Å²) in [5, 5.41) is 11.1. The van der Waals surface area contributed by atoms with Crippen LogP contribution in [0, 0.1) is 0 Å². The third kappa shape index (κ3) is 2.83. The molecule has 0 bridgehead atoms. The number of aromatic hydroxyl groups is 1. The molecule has 0 saturated heterocycles. The average molecular weight is 299 g/mol. The Hall–Kier alpha value is -2.53. The van der Waals surface area contributed by atoms with E-state index in [0.717, 1.165) is 10.8 Å². The molecule has 0 aliphatic rings. The summed E-state index contributed by atoms with van der Waals surface area (Å²) in [7, 11) is -3.65. The standard InChI is InChI=1S/C16H13NO3S/c18-15-8-6-14(7-9-15)17-21(19,20)16-10-5-12-3-1-2-4-13(12)11-16/h1-11,17-18H. The first-order valence-electron chi connectivity index (χ1n) is 6.35. The second-order valence-corrected chi connectivity index (χ2v) is 6.34. The summed E-state index contributed by atoms with van der Waals surface area (Å²) in [5.74, 6) is 0.0867. The quantitative estimate of drug-likeness (QED) is 0.729. The number of hydrogen-bond acceptors (Lipinski definition) is 3. The molecule has 0 heterocycles. The highest BCUT2D eigenvalue weighted by Gasteiger charge is 2.14. The minimum atomic E-state index is -3.65. The number of sulfonamides is 1. The van der Waals surface area contributed by atoms with E-state index in [1.165, 1.54) is 24.3 Å². The molecule has 21 heavy (non-hydrogen) atoms. The van der Waals surface area contributed by atoms with Gasteiger partial charge in [0.2, 0.25) is 0 Å². The molecule has 4 nitrogen and oxygen atoms in total. The molecule has 0 amide bonds. The highest BCUT2D eigenvalue weighted by atomic mass is 32.2. The molecule has 3 rings (SSSR count). The lowest BCUT2D eigenvalue weighted by Crippen LogP contribution is -2.12. The van der Waals surface area contributed by atoms with Crippen LogP contribution in [0.3, 0.4) is 0 Å². The highest BCUT2D eigenvalue weighted by molar-refractivity contribution is 7.92. The molecule has 2 N–H and O–H groups in total. The van der Waals surface area contributed by atoms with E-state index >= 15 is 0 Å². The molecular formula is C16H13NO3S. The Morgan fingerprint density at radius 3 is 2.19 bits per heavy atom. The van der Waals surface area contributed by atoms with E-state index in [1.54, 1.807) is 18.2 Å². The van der Waals surface area contributed by atoms with Gasteiger partial charge in [-0.25, -0.2) is 8.42 Å². The zero-order chi connectivity index (χ0) is 14.9. The number of rotatable bonds is 3. The van der Waals surface area contributed by atoms with Crippen LogP contribution in [0.1, 0.15) is 0 Å². The van der Waals surface area contributed by atoms with Gasteiger partial charge in [-0.15, -0.1) is 0 Å². The average Bonchev–Trinajstić information content (AvgIpc) is 2.49. The number of phenolic OH excluding ortho intramolecular Hbond substituents is 1. The van der Waals surface area contributed by atoms with Crippen LogP contribution in [-0.2, 0) is 10.0 Å². The zero-order valence-electron chi connectivity index (χ0n) is 11.0. The number of phenols is 1. The fourth-order valence-electron chi connectivity index (χ4n) is 2.08. The van der Waals surface area contributed by atoms with E-state index < -0.39 is 10.0 Å². The highest BCUT2D eigenvalue weighted by Crippen LogP contribution is 2.22. The molecular weight excluding hydrogens is 286 g/mol. The number of nitrogens with one attached hydrogen (secondary N) is 1. The fraction of sp³-hybridized carbons (Fsp3) is 0. The summed E-state index contributed by atoms with van der Waals surface area (Å²) >= 11 is 0. The first kappa shape index (κ1) is 13.5. The van der Waals surface area contributed by atoms with E-state index in [1.807, 2.05) is 24.3 Å². The molecule has 106 valence electrons. The molecule has 0 aromatic heterocycles. The molecule has 3 aromatic rings. The van der Waals surface area contributed by atoms with Crippen molar-refractivity contribution < 1.29 is 13.5 Å². The largest absolute Gasteiger partial charge is 0.508 e. The lowest BCUT2D eigenvalue weighted by Gasteiger charge is -2.09. The lowest BCUT2D eigenvalue weighted by molar-refractivity contribution is 0.475. The van der Waals surface area contributed by atoms with Crippen molar-refractivity contribution in [3.05, 3.63) is 66.7 Å². The minimum absolute atomic E-state index is 0.0867. The van der Waals surface area contributed by atoms with E-state index in [2.05, 4.69) is 4.72 Å². The summed E-state index contributed by atoms with van der Waals surface area (Å²) in [6.07, 6.45) is 0. The van der Waals surface area contributed by atoms with Gasteiger partial charge in [0.1, 0.15) is 5.75 Å². The molecule has 0 radical (unpaired) electrons. The molecule has 0 atom stereocenters. The Morgan fingerprint density at radius 2 is 1.48 bits per heavy atom. The predicted molar refractivity (Wildman–Crippen MR) is 82.9 cm³/mol. The van der Waals surface area contributed by atoms with Gasteiger partial charge in [0.05, 0.1) is 4.90 Å². The van der Waals surface area contributed by atoms with Crippen LogP contribution in [0.15, 0.2) is 71.6 Å². The Balaban J connectivity index is 1.97. The van der Waals surface area contributed by atoms with Gasteiger partial charge in [-0.05, 0) is 47.2 Å². The maximum Gasteiger partial charge on any atom is 0.261 e. The lowest BCUT2D eigenvalue weighted by atomic mass is 10.1. The van der Waals surface area contributed by atoms with E-state index in [-0.39, 0.29) is 10.6 Å². The number of anilines is 1. The van der Waals surface area contributed by atoms with E-state index in [9.17, 15) is 13.5 Å². The Kier molecular flexibility index (Phi) is 3.27. The second kappa shape index (κ2) is 5.10. The van der Waals surface area contributed by atoms with Crippen LogP contribution >= 0.6 is 0 Å². The van der Waals surface area contributed by atoms with Crippen LogP contribution in [0.5, 0.6) is 5.75 Å². The van der Waals surface area contributed by atoms with Crippen LogP contribution < -0.4 is 4.72 Å². The van der Waals surface area contributed by atoms with E-state index in [0.29, 0.717) is 5.69 Å². The van der Waals surface area contributed by atoms with Gasteiger partial charge in [-0.3, -0.25) is 4.72 Å². The number of fused-ring (bicyclic) bond motifs is 1. The predicted octanol–water partition coefficient (Wildman–Crippen LogP) is 3.35. The Bertz CT molecular complexity index is 887. The third-order valence-electron chi connectivity index (χ3n) is 3.15. The third-order valence-corrected chi connectivity index (χ3v) is 4.53. The van der Waals surface area contributed by atoms with Gasteiger partial charge < -0.3 is 5.11 Å². The minimum Gasteiger partial charge on any atom is -0.508 e. The molecule has 0 aliphatic heterocycles. The van der Waals surface area contributed by atoms with E-state index in [4.69, 9.17) is 0 Å². The SMILES string of the molecule is O=S(=O)(Nc1ccc(O)cc1)c1ccc2ccccc2c1. The molecule has 0 saturated carbocycles. The van der Waals surface area contributed by atoms with Crippen molar-refractivity contribution in [3.8, 4) is 5.75 Å². The van der Waals surface area contributed by atoms with Crippen molar-refractivity contribution >= 4 is 26.5 Å². The number of hydrogen-bond donors (Lipinski definition) is 2. The Labute approximate surface area is 122 Å². The first-order chi connectivity index (χ1) is 10.0. The van der Waals surface area contributed by atoms with Crippen LogP contribution in [0.2, 0.25) is 0 Å². The van der Waals surface area contributed by atoms with Crippen molar-refractivity contribution in [3.63, 3.8) is 0 Å². The zero-order valence-corrected chi connectivity index (χ0v) is 11.8. The molecule has 5 heteroatoms. The van der Waals surface area contributed by atoms with Crippen molar-refractivity contribution in [2.24, 2.45) is 0 Å². The Morgan fingerprint density at radius 1 is 0.810 bits per heavy atom. The fourth-order valence-corrected chi connectivity index (χ4v) is 3.17. The van der Waals surface area contributed by atoms with Crippen LogP contribution in [0.4, 0.5) is 5.69 Å². The summed E-state index contributed by atoms with van der Waals surface area (Å²) in [6, 6.07) is 18.4. The summed E-state index contributed by atoms with van der Waals surface area (Å²) < 4.78 is 27.2. The topological polar surface area (TPSA) is 66.4 Å². The monoisotopic (exact) mass is 299 g/mol.